The summed E-state index contributed by atoms with van der Waals surface area (Å²) in [6.07, 6.45) is 0. The number of rotatable bonds is 6. The van der Waals surface area contributed by atoms with Gasteiger partial charge in [0.25, 0.3) is 0 Å². The summed E-state index contributed by atoms with van der Waals surface area (Å²) in [5, 5.41) is 7.49. The predicted molar refractivity (Wildman–Crippen MR) is 232 cm³/mol. The van der Waals surface area contributed by atoms with Gasteiger partial charge in [0.15, 0.2) is 0 Å². The lowest BCUT2D eigenvalue weighted by Gasteiger charge is -2.19. The number of hydrogen-bond acceptors (Lipinski definition) is 0. The van der Waals surface area contributed by atoms with Crippen LogP contribution in [-0.4, -0.2) is 0 Å². The van der Waals surface area contributed by atoms with Crippen LogP contribution in [0.2, 0.25) is 0 Å². The van der Waals surface area contributed by atoms with Gasteiger partial charge in [0.05, 0.1) is 0 Å². The van der Waals surface area contributed by atoms with E-state index in [1.165, 1.54) is 99.1 Å². The third-order valence-electron chi connectivity index (χ3n) is 10.9. The predicted octanol–water partition coefficient (Wildman–Crippen LogP) is 15.1. The molecule has 0 atom stereocenters. The Balaban J connectivity index is 1.26. The molecule has 0 heterocycles. The zero-order valence-electron chi connectivity index (χ0n) is 29.8. The SMILES string of the molecule is c1ccc(-c2cccc3c(-c4cc(-c5ccccc5)c5cc(-c6cccc7c(-c8ccccc8)cccc67)cc(-c6ccccc6)c5c4)cccc23)cc1. The maximum atomic E-state index is 2.43. The van der Waals surface area contributed by atoms with Crippen molar-refractivity contribution in [2.75, 3.05) is 0 Å². The van der Waals surface area contributed by atoms with E-state index >= 15 is 0 Å². The van der Waals surface area contributed by atoms with Crippen LogP contribution in [0.5, 0.6) is 0 Å². The fraction of sp³-hybridized carbons (Fsp3) is 0. The normalized spacial score (nSPS) is 11.3. The highest BCUT2D eigenvalue weighted by Crippen LogP contribution is 2.45. The minimum atomic E-state index is 1.20. The van der Waals surface area contributed by atoms with Gasteiger partial charge in [-0.15, -0.1) is 0 Å². The highest BCUT2D eigenvalue weighted by Gasteiger charge is 2.18. The van der Waals surface area contributed by atoms with Crippen LogP contribution in [0.3, 0.4) is 0 Å². The smallest absolute Gasteiger partial charge is 0.00926 e. The molecule has 0 nitrogen and oxygen atoms in total. The van der Waals surface area contributed by atoms with Gasteiger partial charge in [0.1, 0.15) is 0 Å². The molecule has 0 N–H and O–H groups in total. The van der Waals surface area contributed by atoms with Gasteiger partial charge < -0.3 is 0 Å². The molecular formula is C54H36. The molecule has 0 saturated heterocycles. The molecule has 0 aliphatic carbocycles. The van der Waals surface area contributed by atoms with E-state index in [4.69, 9.17) is 0 Å². The summed E-state index contributed by atoms with van der Waals surface area (Å²) in [5.41, 5.74) is 14.7. The molecule has 10 rings (SSSR count). The third kappa shape index (κ3) is 5.57. The molecule has 0 aliphatic rings. The van der Waals surface area contributed by atoms with E-state index in [9.17, 15) is 0 Å². The largest absolute Gasteiger partial charge is 0.0622 e. The van der Waals surface area contributed by atoms with Crippen LogP contribution in [0.1, 0.15) is 0 Å². The van der Waals surface area contributed by atoms with Gasteiger partial charge in [0.2, 0.25) is 0 Å². The molecule has 0 fully saturated rings. The maximum absolute atomic E-state index is 2.43. The fourth-order valence-electron chi connectivity index (χ4n) is 8.35. The van der Waals surface area contributed by atoms with Crippen molar-refractivity contribution >= 4 is 32.3 Å². The van der Waals surface area contributed by atoms with E-state index in [2.05, 4.69) is 218 Å². The molecule has 0 saturated carbocycles. The van der Waals surface area contributed by atoms with E-state index in [0.717, 1.165) is 0 Å². The topological polar surface area (TPSA) is 0 Å². The molecule has 0 aliphatic heterocycles. The standard InChI is InChI=1S/C54H36/c1-5-17-37(18-6-1)43-25-13-31-49-45(27-15-29-47(43)49)41-33-51(39-21-9-3-10-22-39)54-36-42(34-52(53(54)35-41)40-23-11-4-12-24-40)46-28-16-30-48-44(26-14-32-50(46)48)38-19-7-2-8-20-38/h1-36H. The number of fused-ring (bicyclic) bond motifs is 3. The zero-order valence-corrected chi connectivity index (χ0v) is 29.8. The minimum absolute atomic E-state index is 1.20. The summed E-state index contributed by atoms with van der Waals surface area (Å²) >= 11 is 0. The molecule has 0 unspecified atom stereocenters. The molecule has 10 aromatic rings. The van der Waals surface area contributed by atoms with Crippen LogP contribution in [0.25, 0.3) is 99.1 Å². The molecule has 0 heteroatoms. The summed E-state index contributed by atoms with van der Waals surface area (Å²) in [4.78, 5) is 0. The van der Waals surface area contributed by atoms with Crippen LogP contribution >= 0.6 is 0 Å². The summed E-state index contributed by atoms with van der Waals surface area (Å²) in [5.74, 6) is 0. The molecule has 0 aromatic heterocycles. The molecule has 10 aromatic carbocycles. The quantitative estimate of drug-likeness (QED) is 0.164. The second-order valence-corrected chi connectivity index (χ2v) is 14.0. The Labute approximate surface area is 316 Å². The van der Waals surface area contributed by atoms with Gasteiger partial charge in [0, 0.05) is 0 Å². The minimum Gasteiger partial charge on any atom is -0.0622 e. The monoisotopic (exact) mass is 684 g/mol. The Kier molecular flexibility index (Phi) is 7.93. The van der Waals surface area contributed by atoms with Crippen molar-refractivity contribution in [2.24, 2.45) is 0 Å². The average molecular weight is 685 g/mol. The molecule has 0 bridgehead atoms. The van der Waals surface area contributed by atoms with Crippen molar-refractivity contribution in [3.63, 3.8) is 0 Å². The van der Waals surface area contributed by atoms with Crippen LogP contribution in [-0.2, 0) is 0 Å². The number of benzene rings is 10. The number of hydrogen-bond donors (Lipinski definition) is 0. The molecule has 54 heavy (non-hydrogen) atoms. The Morgan fingerprint density at radius 1 is 0.148 bits per heavy atom. The summed E-state index contributed by atoms with van der Waals surface area (Å²) in [7, 11) is 0. The lowest BCUT2D eigenvalue weighted by Crippen LogP contribution is -1.92. The first kappa shape index (κ1) is 31.7. The van der Waals surface area contributed by atoms with E-state index in [-0.39, 0.29) is 0 Å². The lowest BCUT2D eigenvalue weighted by molar-refractivity contribution is 1.60. The van der Waals surface area contributed by atoms with E-state index < -0.39 is 0 Å². The fourth-order valence-corrected chi connectivity index (χ4v) is 8.35. The first-order valence-electron chi connectivity index (χ1n) is 18.7. The second-order valence-electron chi connectivity index (χ2n) is 14.0. The van der Waals surface area contributed by atoms with Crippen molar-refractivity contribution in [3.05, 3.63) is 218 Å². The maximum Gasteiger partial charge on any atom is -0.00926 e. The summed E-state index contributed by atoms with van der Waals surface area (Å²) in [6.45, 7) is 0. The van der Waals surface area contributed by atoms with E-state index in [0.29, 0.717) is 0 Å². The van der Waals surface area contributed by atoms with Crippen molar-refractivity contribution < 1.29 is 0 Å². The van der Waals surface area contributed by atoms with Gasteiger partial charge in [-0.05, 0) is 123 Å². The van der Waals surface area contributed by atoms with Gasteiger partial charge in [-0.2, -0.15) is 0 Å². The molecule has 0 spiro atoms. The first-order valence-corrected chi connectivity index (χ1v) is 18.7. The zero-order chi connectivity index (χ0) is 35.8. The van der Waals surface area contributed by atoms with Crippen molar-refractivity contribution in [1.82, 2.24) is 0 Å². The van der Waals surface area contributed by atoms with Gasteiger partial charge in [-0.3, -0.25) is 0 Å². The highest BCUT2D eigenvalue weighted by molar-refractivity contribution is 6.13. The van der Waals surface area contributed by atoms with Gasteiger partial charge in [-0.1, -0.05) is 194 Å². The lowest BCUT2D eigenvalue weighted by atomic mass is 9.85. The summed E-state index contributed by atoms with van der Waals surface area (Å²) < 4.78 is 0. The second kappa shape index (κ2) is 13.5. The molecule has 0 amide bonds. The highest BCUT2D eigenvalue weighted by atomic mass is 14.2. The Hall–Kier alpha value is -7.02. The van der Waals surface area contributed by atoms with Crippen LogP contribution in [0.4, 0.5) is 0 Å². The first-order chi connectivity index (χ1) is 26.8. The van der Waals surface area contributed by atoms with Crippen molar-refractivity contribution in [3.8, 4) is 66.8 Å². The Morgan fingerprint density at radius 2 is 0.407 bits per heavy atom. The van der Waals surface area contributed by atoms with Crippen LogP contribution < -0.4 is 0 Å². The molecule has 252 valence electrons. The van der Waals surface area contributed by atoms with Crippen molar-refractivity contribution in [1.29, 1.82) is 0 Å². The Bertz CT molecular complexity index is 2740. The van der Waals surface area contributed by atoms with Crippen LogP contribution in [0.15, 0.2) is 218 Å². The van der Waals surface area contributed by atoms with Crippen molar-refractivity contribution in [2.45, 2.75) is 0 Å². The van der Waals surface area contributed by atoms with E-state index in [1.54, 1.807) is 0 Å². The third-order valence-corrected chi connectivity index (χ3v) is 10.9. The Morgan fingerprint density at radius 3 is 0.704 bits per heavy atom. The summed E-state index contributed by atoms with van der Waals surface area (Å²) in [6, 6.07) is 79.8. The van der Waals surface area contributed by atoms with Gasteiger partial charge in [-0.25, -0.2) is 0 Å². The van der Waals surface area contributed by atoms with Gasteiger partial charge >= 0.3 is 0 Å². The average Bonchev–Trinajstić information content (AvgIpc) is 3.26. The molecule has 0 radical (unpaired) electrons. The molecular weight excluding hydrogens is 649 g/mol. The van der Waals surface area contributed by atoms with Crippen LogP contribution in [0, 0.1) is 0 Å². The van der Waals surface area contributed by atoms with E-state index in [1.807, 2.05) is 0 Å².